The Morgan fingerprint density at radius 2 is 1.81 bits per heavy atom. The van der Waals surface area contributed by atoms with E-state index in [4.69, 9.17) is 10.2 Å². The number of rotatable bonds is 6. The number of hydrogen-bond acceptors (Lipinski definition) is 5. The van der Waals surface area contributed by atoms with Gasteiger partial charge in [-0.05, 0) is 19.4 Å². The first-order valence-electron chi connectivity index (χ1n) is 5.52. The minimum atomic E-state index is 0.0265. The van der Waals surface area contributed by atoms with Crippen LogP contribution in [0.2, 0.25) is 0 Å². The predicted molar refractivity (Wildman–Crippen MR) is 62.5 cm³/mol. The largest absolute Gasteiger partial charge is 0.395 e. The Balaban J connectivity index is 2.93. The Kier molecular flexibility index (Phi) is 5.14. The van der Waals surface area contributed by atoms with E-state index in [0.29, 0.717) is 19.0 Å². The molecule has 5 nitrogen and oxygen atoms in total. The minimum Gasteiger partial charge on any atom is -0.395 e. The lowest BCUT2D eigenvalue weighted by Gasteiger charge is -2.21. The summed E-state index contributed by atoms with van der Waals surface area (Å²) in [5.74, 6) is 0.583. The van der Waals surface area contributed by atoms with Gasteiger partial charge in [-0.1, -0.05) is 6.92 Å². The van der Waals surface area contributed by atoms with E-state index in [2.05, 4.69) is 9.97 Å². The Bertz CT molecular complexity index is 325. The molecule has 0 unspecified atom stereocenters. The second kappa shape index (κ2) is 6.40. The fraction of sp³-hybridized carbons (Fsp3) is 0.636. The second-order valence-electron chi connectivity index (χ2n) is 3.59. The highest BCUT2D eigenvalue weighted by Crippen LogP contribution is 2.10. The fourth-order valence-electron chi connectivity index (χ4n) is 1.49. The zero-order chi connectivity index (χ0) is 12.0. The van der Waals surface area contributed by atoms with Crippen molar-refractivity contribution in [3.63, 3.8) is 0 Å². The number of aromatic nitrogens is 2. The Hall–Kier alpha value is -1.20. The molecule has 16 heavy (non-hydrogen) atoms. The van der Waals surface area contributed by atoms with Crippen LogP contribution in [-0.2, 0) is 6.42 Å². The molecule has 0 saturated carbocycles. The molecule has 2 N–H and O–H groups in total. The van der Waals surface area contributed by atoms with Gasteiger partial charge < -0.3 is 15.1 Å². The van der Waals surface area contributed by atoms with E-state index in [0.717, 1.165) is 17.8 Å². The van der Waals surface area contributed by atoms with Crippen molar-refractivity contribution < 1.29 is 10.2 Å². The summed E-state index contributed by atoms with van der Waals surface area (Å²) in [6.07, 6.45) is 0.850. The quantitative estimate of drug-likeness (QED) is 0.720. The van der Waals surface area contributed by atoms with Crippen molar-refractivity contribution in [1.82, 2.24) is 9.97 Å². The van der Waals surface area contributed by atoms with Crippen molar-refractivity contribution in [3.8, 4) is 0 Å². The van der Waals surface area contributed by atoms with Crippen molar-refractivity contribution in [2.75, 3.05) is 31.2 Å². The van der Waals surface area contributed by atoms with Gasteiger partial charge in [0.25, 0.3) is 0 Å². The molecule has 0 atom stereocenters. The maximum atomic E-state index is 8.94. The molecular formula is C11H19N3O2. The van der Waals surface area contributed by atoms with Crippen LogP contribution in [0, 0.1) is 6.92 Å². The van der Waals surface area contributed by atoms with Crippen LogP contribution in [0.4, 0.5) is 5.95 Å². The van der Waals surface area contributed by atoms with Gasteiger partial charge in [0.15, 0.2) is 0 Å². The van der Waals surface area contributed by atoms with Crippen LogP contribution in [0.1, 0.15) is 18.3 Å². The van der Waals surface area contributed by atoms with Gasteiger partial charge in [-0.25, -0.2) is 9.97 Å². The lowest BCUT2D eigenvalue weighted by molar-refractivity contribution is 0.280. The van der Waals surface area contributed by atoms with Crippen molar-refractivity contribution in [1.29, 1.82) is 0 Å². The first-order valence-corrected chi connectivity index (χ1v) is 5.52. The van der Waals surface area contributed by atoms with Crippen LogP contribution >= 0.6 is 0 Å². The molecule has 1 aromatic heterocycles. The monoisotopic (exact) mass is 225 g/mol. The van der Waals surface area contributed by atoms with Crippen LogP contribution < -0.4 is 4.90 Å². The summed E-state index contributed by atoms with van der Waals surface area (Å²) in [7, 11) is 0. The molecule has 0 bridgehead atoms. The molecule has 0 fully saturated rings. The maximum absolute atomic E-state index is 8.94. The third-order valence-electron chi connectivity index (χ3n) is 2.28. The summed E-state index contributed by atoms with van der Waals surface area (Å²) in [5, 5.41) is 17.9. The van der Waals surface area contributed by atoms with Gasteiger partial charge >= 0.3 is 0 Å². The topological polar surface area (TPSA) is 69.5 Å². The normalized spacial score (nSPS) is 10.5. The van der Waals surface area contributed by atoms with Gasteiger partial charge in [0.1, 0.15) is 0 Å². The maximum Gasteiger partial charge on any atom is 0.225 e. The summed E-state index contributed by atoms with van der Waals surface area (Å²) >= 11 is 0. The average Bonchev–Trinajstić information content (AvgIpc) is 2.28. The lowest BCUT2D eigenvalue weighted by atomic mass is 10.3. The first-order chi connectivity index (χ1) is 7.71. The summed E-state index contributed by atoms with van der Waals surface area (Å²) < 4.78 is 0. The summed E-state index contributed by atoms with van der Waals surface area (Å²) in [5.41, 5.74) is 1.88. The van der Waals surface area contributed by atoms with E-state index in [1.807, 2.05) is 19.9 Å². The van der Waals surface area contributed by atoms with Crippen LogP contribution in [-0.4, -0.2) is 46.5 Å². The van der Waals surface area contributed by atoms with E-state index < -0.39 is 0 Å². The van der Waals surface area contributed by atoms with Gasteiger partial charge in [-0.15, -0.1) is 0 Å². The average molecular weight is 225 g/mol. The summed E-state index contributed by atoms with van der Waals surface area (Å²) in [4.78, 5) is 10.5. The molecule has 1 rings (SSSR count). The van der Waals surface area contributed by atoms with E-state index in [9.17, 15) is 0 Å². The Morgan fingerprint density at radius 3 is 2.31 bits per heavy atom. The van der Waals surface area contributed by atoms with Crippen molar-refractivity contribution in [2.24, 2.45) is 0 Å². The van der Waals surface area contributed by atoms with Crippen LogP contribution in [0.3, 0.4) is 0 Å². The van der Waals surface area contributed by atoms with E-state index in [1.165, 1.54) is 0 Å². The molecule has 90 valence electrons. The van der Waals surface area contributed by atoms with Crippen LogP contribution in [0.5, 0.6) is 0 Å². The number of aliphatic hydroxyl groups is 2. The molecular weight excluding hydrogens is 206 g/mol. The van der Waals surface area contributed by atoms with Gasteiger partial charge in [0.2, 0.25) is 5.95 Å². The number of nitrogens with zero attached hydrogens (tertiary/aromatic N) is 3. The van der Waals surface area contributed by atoms with E-state index >= 15 is 0 Å². The number of aryl methyl sites for hydroxylation is 2. The minimum absolute atomic E-state index is 0.0265. The van der Waals surface area contributed by atoms with Crippen LogP contribution in [0.25, 0.3) is 0 Å². The number of aliphatic hydroxyl groups excluding tert-OH is 2. The smallest absolute Gasteiger partial charge is 0.225 e. The molecule has 0 aliphatic rings. The SMILES string of the molecule is CCc1cc(C)nc(N(CCO)CCO)n1. The lowest BCUT2D eigenvalue weighted by Crippen LogP contribution is -2.31. The highest BCUT2D eigenvalue weighted by Gasteiger charge is 2.09. The summed E-state index contributed by atoms with van der Waals surface area (Å²) in [6.45, 7) is 4.88. The first kappa shape index (κ1) is 12.9. The predicted octanol–water partition coefficient (Wildman–Crippen LogP) is 0.138. The van der Waals surface area contributed by atoms with E-state index in [-0.39, 0.29) is 13.2 Å². The van der Waals surface area contributed by atoms with E-state index in [1.54, 1.807) is 4.90 Å². The molecule has 0 radical (unpaired) electrons. The van der Waals surface area contributed by atoms with Gasteiger partial charge in [0, 0.05) is 24.5 Å². The van der Waals surface area contributed by atoms with Gasteiger partial charge in [-0.2, -0.15) is 0 Å². The second-order valence-corrected chi connectivity index (χ2v) is 3.59. The molecule has 1 aromatic rings. The molecule has 0 amide bonds. The molecule has 1 heterocycles. The summed E-state index contributed by atoms with van der Waals surface area (Å²) in [6, 6.07) is 1.94. The standard InChI is InChI=1S/C11H19N3O2/c1-3-10-8-9(2)12-11(13-10)14(4-6-15)5-7-16/h8,15-16H,3-7H2,1-2H3. The van der Waals surface area contributed by atoms with Gasteiger partial charge in [-0.3, -0.25) is 0 Å². The third-order valence-corrected chi connectivity index (χ3v) is 2.28. The molecule has 0 aliphatic heterocycles. The highest BCUT2D eigenvalue weighted by atomic mass is 16.3. The molecule has 0 saturated heterocycles. The number of anilines is 1. The molecule has 5 heteroatoms. The van der Waals surface area contributed by atoms with Gasteiger partial charge in [0.05, 0.1) is 13.2 Å². The Labute approximate surface area is 95.8 Å². The molecule has 0 spiro atoms. The van der Waals surface area contributed by atoms with Crippen molar-refractivity contribution >= 4 is 5.95 Å². The van der Waals surface area contributed by atoms with Crippen LogP contribution in [0.15, 0.2) is 6.07 Å². The number of hydrogen-bond donors (Lipinski definition) is 2. The zero-order valence-electron chi connectivity index (χ0n) is 9.85. The van der Waals surface area contributed by atoms with Crippen molar-refractivity contribution in [3.05, 3.63) is 17.5 Å². The zero-order valence-corrected chi connectivity index (χ0v) is 9.85. The third kappa shape index (κ3) is 3.43. The molecule has 0 aromatic carbocycles. The Morgan fingerprint density at radius 1 is 1.19 bits per heavy atom. The fourth-order valence-corrected chi connectivity index (χ4v) is 1.49. The molecule has 0 aliphatic carbocycles. The highest BCUT2D eigenvalue weighted by molar-refractivity contribution is 5.32. The van der Waals surface area contributed by atoms with Crippen molar-refractivity contribution in [2.45, 2.75) is 20.3 Å².